The molecular weight excluding hydrogens is 216 g/mol. The zero-order chi connectivity index (χ0) is 12.7. The molecule has 1 aliphatic carbocycles. The van der Waals surface area contributed by atoms with Crippen LogP contribution in [0.15, 0.2) is 0 Å². The Morgan fingerprint density at radius 2 is 2.12 bits per heavy atom. The number of hydrogen-bond acceptors (Lipinski definition) is 3. The van der Waals surface area contributed by atoms with Crippen molar-refractivity contribution < 1.29 is 9.53 Å². The smallest absolute Gasteiger partial charge is 0.410 e. The van der Waals surface area contributed by atoms with Gasteiger partial charge in [0.15, 0.2) is 0 Å². The second kappa shape index (κ2) is 4.16. The minimum Gasteiger partial charge on any atom is -0.444 e. The molecule has 0 aromatic carbocycles. The van der Waals surface area contributed by atoms with Crippen LogP contribution in [0.2, 0.25) is 0 Å². The average molecular weight is 240 g/mol. The molecule has 1 saturated carbocycles. The van der Waals surface area contributed by atoms with E-state index in [1.165, 1.54) is 0 Å². The second-order valence-corrected chi connectivity index (χ2v) is 6.65. The van der Waals surface area contributed by atoms with Gasteiger partial charge in [-0.2, -0.15) is 0 Å². The van der Waals surface area contributed by atoms with Gasteiger partial charge < -0.3 is 15.4 Å². The van der Waals surface area contributed by atoms with Gasteiger partial charge in [-0.3, -0.25) is 0 Å². The molecule has 1 spiro atoms. The van der Waals surface area contributed by atoms with Crippen molar-refractivity contribution in [2.75, 3.05) is 13.1 Å². The van der Waals surface area contributed by atoms with Crippen molar-refractivity contribution in [1.29, 1.82) is 0 Å². The molecule has 1 aliphatic heterocycles. The number of nitrogens with zero attached hydrogens (tertiary/aromatic N) is 1. The van der Waals surface area contributed by atoms with Crippen LogP contribution < -0.4 is 5.73 Å². The normalized spacial score (nSPS) is 33.4. The standard InChI is InChI=1S/C13H24N2O2/c1-12(2,3)17-11(16)15-7-6-13(9-15)5-4-10(14)8-13/h10H,4-9,14H2,1-3H3. The zero-order valence-corrected chi connectivity index (χ0v) is 11.2. The summed E-state index contributed by atoms with van der Waals surface area (Å²) in [6.07, 6.45) is 4.23. The molecule has 4 heteroatoms. The topological polar surface area (TPSA) is 55.6 Å². The van der Waals surface area contributed by atoms with Crippen molar-refractivity contribution in [3.63, 3.8) is 0 Å². The minimum atomic E-state index is -0.404. The Balaban J connectivity index is 1.92. The van der Waals surface area contributed by atoms with Crippen LogP contribution in [0, 0.1) is 5.41 Å². The van der Waals surface area contributed by atoms with Crippen LogP contribution in [-0.4, -0.2) is 35.7 Å². The summed E-state index contributed by atoms with van der Waals surface area (Å²) < 4.78 is 5.41. The molecule has 0 aromatic heterocycles. The molecule has 4 nitrogen and oxygen atoms in total. The summed E-state index contributed by atoms with van der Waals surface area (Å²) in [4.78, 5) is 13.8. The lowest BCUT2D eigenvalue weighted by Gasteiger charge is -2.26. The van der Waals surface area contributed by atoms with Crippen molar-refractivity contribution >= 4 is 6.09 Å². The van der Waals surface area contributed by atoms with Crippen LogP contribution in [-0.2, 0) is 4.74 Å². The lowest BCUT2D eigenvalue weighted by molar-refractivity contribution is 0.0273. The molecule has 2 N–H and O–H groups in total. The molecule has 1 amide bonds. The van der Waals surface area contributed by atoms with Gasteiger partial charge in [-0.15, -0.1) is 0 Å². The van der Waals surface area contributed by atoms with Crippen LogP contribution >= 0.6 is 0 Å². The van der Waals surface area contributed by atoms with E-state index in [0.717, 1.165) is 38.8 Å². The van der Waals surface area contributed by atoms with E-state index >= 15 is 0 Å². The first-order chi connectivity index (χ1) is 7.80. The molecule has 2 aliphatic rings. The van der Waals surface area contributed by atoms with Gasteiger partial charge in [0.05, 0.1) is 0 Å². The summed E-state index contributed by atoms with van der Waals surface area (Å²) >= 11 is 0. The van der Waals surface area contributed by atoms with Gasteiger partial charge in [0, 0.05) is 19.1 Å². The van der Waals surface area contributed by atoms with Crippen LogP contribution in [0.1, 0.15) is 46.5 Å². The second-order valence-electron chi connectivity index (χ2n) is 6.65. The summed E-state index contributed by atoms with van der Waals surface area (Å²) in [5, 5.41) is 0. The number of amides is 1. The van der Waals surface area contributed by atoms with Gasteiger partial charge in [0.1, 0.15) is 5.60 Å². The van der Waals surface area contributed by atoms with Crippen molar-refractivity contribution in [2.45, 2.75) is 58.1 Å². The van der Waals surface area contributed by atoms with Crippen LogP contribution in [0.25, 0.3) is 0 Å². The SMILES string of the molecule is CC(C)(C)OC(=O)N1CCC2(CCC(N)C2)C1. The largest absolute Gasteiger partial charge is 0.444 e. The highest BCUT2D eigenvalue weighted by atomic mass is 16.6. The maximum atomic E-state index is 12.0. The third kappa shape index (κ3) is 2.92. The van der Waals surface area contributed by atoms with E-state index in [1.54, 1.807) is 0 Å². The fourth-order valence-corrected chi connectivity index (χ4v) is 3.04. The molecule has 2 unspecified atom stereocenters. The van der Waals surface area contributed by atoms with Crippen molar-refractivity contribution in [1.82, 2.24) is 4.90 Å². The van der Waals surface area contributed by atoms with E-state index in [9.17, 15) is 4.79 Å². The molecular formula is C13H24N2O2. The number of ether oxygens (including phenoxy) is 1. The number of carbonyl (C=O) groups excluding carboxylic acids is 1. The lowest BCUT2D eigenvalue weighted by atomic mass is 9.85. The Labute approximate surface area is 103 Å². The number of nitrogens with two attached hydrogens (primary N) is 1. The maximum absolute atomic E-state index is 12.0. The molecule has 2 rings (SSSR count). The lowest BCUT2D eigenvalue weighted by Crippen LogP contribution is -2.36. The number of carbonyl (C=O) groups is 1. The average Bonchev–Trinajstić information content (AvgIpc) is 2.72. The van der Waals surface area contributed by atoms with Crippen molar-refractivity contribution in [2.24, 2.45) is 11.1 Å². The third-order valence-corrected chi connectivity index (χ3v) is 3.83. The van der Waals surface area contributed by atoms with E-state index < -0.39 is 5.60 Å². The fourth-order valence-electron chi connectivity index (χ4n) is 3.04. The first-order valence-electron chi connectivity index (χ1n) is 6.53. The van der Waals surface area contributed by atoms with E-state index in [4.69, 9.17) is 10.5 Å². The summed E-state index contributed by atoms with van der Waals surface area (Å²) in [5.74, 6) is 0. The number of rotatable bonds is 0. The molecule has 1 saturated heterocycles. The Morgan fingerprint density at radius 1 is 1.41 bits per heavy atom. The molecule has 0 bridgehead atoms. The van der Waals surface area contributed by atoms with Crippen LogP contribution in [0.3, 0.4) is 0 Å². The van der Waals surface area contributed by atoms with Gasteiger partial charge in [-0.25, -0.2) is 4.79 Å². The first kappa shape index (κ1) is 12.7. The minimum absolute atomic E-state index is 0.171. The van der Waals surface area contributed by atoms with Gasteiger partial charge in [-0.1, -0.05) is 0 Å². The Kier molecular flexibility index (Phi) is 3.10. The fraction of sp³-hybridized carbons (Fsp3) is 0.923. The molecule has 17 heavy (non-hydrogen) atoms. The van der Waals surface area contributed by atoms with Gasteiger partial charge >= 0.3 is 6.09 Å². The van der Waals surface area contributed by atoms with E-state index in [-0.39, 0.29) is 11.5 Å². The first-order valence-corrected chi connectivity index (χ1v) is 6.53. The summed E-state index contributed by atoms with van der Waals surface area (Å²) in [7, 11) is 0. The summed E-state index contributed by atoms with van der Waals surface area (Å²) in [5.41, 5.74) is 5.86. The predicted octanol–water partition coefficient (Wildman–Crippen LogP) is 2.12. The van der Waals surface area contributed by atoms with Gasteiger partial charge in [0.2, 0.25) is 0 Å². The molecule has 2 fully saturated rings. The molecule has 0 radical (unpaired) electrons. The van der Waals surface area contributed by atoms with E-state index in [0.29, 0.717) is 6.04 Å². The quantitative estimate of drug-likeness (QED) is 0.705. The van der Waals surface area contributed by atoms with Crippen LogP contribution in [0.4, 0.5) is 4.79 Å². The predicted molar refractivity (Wildman–Crippen MR) is 66.7 cm³/mol. The summed E-state index contributed by atoms with van der Waals surface area (Å²) in [6, 6.07) is 0.327. The highest BCUT2D eigenvalue weighted by Gasteiger charge is 2.45. The Morgan fingerprint density at radius 3 is 2.65 bits per heavy atom. The van der Waals surface area contributed by atoms with E-state index in [2.05, 4.69) is 0 Å². The maximum Gasteiger partial charge on any atom is 0.410 e. The number of hydrogen-bond donors (Lipinski definition) is 1. The monoisotopic (exact) mass is 240 g/mol. The highest BCUT2D eigenvalue weighted by molar-refractivity contribution is 5.68. The van der Waals surface area contributed by atoms with Crippen molar-refractivity contribution in [3.8, 4) is 0 Å². The van der Waals surface area contributed by atoms with Crippen molar-refractivity contribution in [3.05, 3.63) is 0 Å². The molecule has 2 atom stereocenters. The number of likely N-dealkylation sites (tertiary alicyclic amines) is 1. The Bertz CT molecular complexity index is 311. The van der Waals surface area contributed by atoms with Crippen LogP contribution in [0.5, 0.6) is 0 Å². The highest BCUT2D eigenvalue weighted by Crippen LogP contribution is 2.45. The van der Waals surface area contributed by atoms with Gasteiger partial charge in [0.25, 0.3) is 0 Å². The molecule has 98 valence electrons. The van der Waals surface area contributed by atoms with E-state index in [1.807, 2.05) is 25.7 Å². The molecule has 0 aromatic rings. The summed E-state index contributed by atoms with van der Waals surface area (Å²) in [6.45, 7) is 7.36. The van der Waals surface area contributed by atoms with Gasteiger partial charge in [-0.05, 0) is 51.9 Å². The zero-order valence-electron chi connectivity index (χ0n) is 11.2. The third-order valence-electron chi connectivity index (χ3n) is 3.83. The Hall–Kier alpha value is -0.770. The molecule has 1 heterocycles.